The fourth-order valence-corrected chi connectivity index (χ4v) is 5.87. The molecular weight excluding hydrogens is 541 g/mol. The molecule has 3 aromatic rings. The van der Waals surface area contributed by atoms with Crippen LogP contribution in [0.3, 0.4) is 0 Å². The Kier molecular flexibility index (Phi) is 11.1. The highest BCUT2D eigenvalue weighted by atomic mass is 32.2. The number of sulfonamides is 1. The molecule has 0 fully saturated rings. The van der Waals surface area contributed by atoms with Gasteiger partial charge >= 0.3 is 0 Å². The summed E-state index contributed by atoms with van der Waals surface area (Å²) < 4.78 is 42.7. The Balaban J connectivity index is 2.05. The summed E-state index contributed by atoms with van der Waals surface area (Å²) in [4.78, 5) is 28.8. The monoisotopic (exact) mass is 581 g/mol. The highest BCUT2D eigenvalue weighted by Gasteiger charge is 2.33. The second-order valence-electron chi connectivity index (χ2n) is 10.3. The predicted molar refractivity (Wildman–Crippen MR) is 161 cm³/mol. The first-order chi connectivity index (χ1) is 19.5. The van der Waals surface area contributed by atoms with Gasteiger partial charge in [0.2, 0.25) is 11.8 Å². The highest BCUT2D eigenvalue weighted by molar-refractivity contribution is 7.92. The molecule has 0 aliphatic heterocycles. The molecule has 220 valence electrons. The summed E-state index contributed by atoms with van der Waals surface area (Å²) in [6, 6.07) is 16.6. The van der Waals surface area contributed by atoms with Crippen LogP contribution in [0.2, 0.25) is 0 Å². The number of halogens is 1. The molecule has 0 unspecified atom stereocenters. The van der Waals surface area contributed by atoms with Crippen LogP contribution < -0.4 is 9.62 Å². The van der Waals surface area contributed by atoms with Crippen LogP contribution in [0.4, 0.5) is 10.1 Å². The van der Waals surface area contributed by atoms with Gasteiger partial charge in [0.15, 0.2) is 0 Å². The van der Waals surface area contributed by atoms with Gasteiger partial charge in [-0.05, 0) is 86.7 Å². The second-order valence-corrected chi connectivity index (χ2v) is 12.2. The van der Waals surface area contributed by atoms with Gasteiger partial charge in [-0.1, -0.05) is 56.2 Å². The first kappa shape index (κ1) is 31.8. The number of aryl methyl sites for hydroxylation is 3. The zero-order valence-electron chi connectivity index (χ0n) is 24.5. The summed E-state index contributed by atoms with van der Waals surface area (Å²) >= 11 is 0. The minimum absolute atomic E-state index is 0.0180. The third-order valence-electron chi connectivity index (χ3n) is 7.15. The first-order valence-electron chi connectivity index (χ1n) is 14.0. The number of rotatable bonds is 13. The first-order valence-corrected chi connectivity index (χ1v) is 15.4. The van der Waals surface area contributed by atoms with E-state index in [0.29, 0.717) is 24.2 Å². The molecule has 3 rings (SSSR count). The maximum atomic E-state index is 14.1. The van der Waals surface area contributed by atoms with Gasteiger partial charge in [0.05, 0.1) is 10.6 Å². The lowest BCUT2D eigenvalue weighted by Gasteiger charge is -2.33. The van der Waals surface area contributed by atoms with Gasteiger partial charge in [0, 0.05) is 13.1 Å². The molecule has 0 aliphatic carbocycles. The molecule has 0 heterocycles. The van der Waals surface area contributed by atoms with Crippen molar-refractivity contribution in [3.63, 3.8) is 0 Å². The lowest BCUT2D eigenvalue weighted by molar-refractivity contribution is -0.140. The smallest absolute Gasteiger partial charge is 0.264 e. The van der Waals surface area contributed by atoms with Crippen LogP contribution in [0.1, 0.15) is 55.4 Å². The summed E-state index contributed by atoms with van der Waals surface area (Å²) in [5, 5.41) is 2.90. The van der Waals surface area contributed by atoms with Crippen molar-refractivity contribution in [2.75, 3.05) is 17.4 Å². The summed E-state index contributed by atoms with van der Waals surface area (Å²) in [5.74, 6) is -1.27. The van der Waals surface area contributed by atoms with Gasteiger partial charge in [-0.3, -0.25) is 13.9 Å². The van der Waals surface area contributed by atoms with E-state index in [9.17, 15) is 22.4 Å². The minimum Gasteiger partial charge on any atom is -0.354 e. The van der Waals surface area contributed by atoms with Gasteiger partial charge in [-0.2, -0.15) is 0 Å². The number of carbonyl (C=O) groups excluding carboxylic acids is 2. The van der Waals surface area contributed by atoms with E-state index in [1.165, 1.54) is 29.2 Å². The van der Waals surface area contributed by atoms with E-state index < -0.39 is 34.3 Å². The number of nitrogens with one attached hydrogen (secondary N) is 1. The molecule has 7 nitrogen and oxygen atoms in total. The molecule has 0 saturated carbocycles. The maximum Gasteiger partial charge on any atom is 0.264 e. The van der Waals surface area contributed by atoms with Crippen LogP contribution in [0.5, 0.6) is 0 Å². The van der Waals surface area contributed by atoms with E-state index in [-0.39, 0.29) is 17.3 Å². The van der Waals surface area contributed by atoms with Crippen molar-refractivity contribution >= 4 is 27.5 Å². The lowest BCUT2D eigenvalue weighted by atomic mass is 10.1. The minimum atomic E-state index is -4.14. The van der Waals surface area contributed by atoms with Gasteiger partial charge in [0.1, 0.15) is 18.4 Å². The molecule has 3 aromatic carbocycles. The Morgan fingerprint density at radius 1 is 0.902 bits per heavy atom. The van der Waals surface area contributed by atoms with Crippen molar-refractivity contribution in [3.05, 3.63) is 94.8 Å². The molecule has 0 spiro atoms. The average Bonchev–Trinajstić information content (AvgIpc) is 2.94. The zero-order valence-corrected chi connectivity index (χ0v) is 25.3. The quantitative estimate of drug-likeness (QED) is 0.264. The van der Waals surface area contributed by atoms with Crippen molar-refractivity contribution in [1.29, 1.82) is 0 Å². The summed E-state index contributed by atoms with van der Waals surface area (Å²) in [6.07, 6.45) is 2.01. The van der Waals surface area contributed by atoms with Gasteiger partial charge in [-0.15, -0.1) is 0 Å². The molecule has 0 aliphatic rings. The Labute approximate surface area is 243 Å². The second kappa shape index (κ2) is 14.3. The van der Waals surface area contributed by atoms with E-state index in [0.717, 1.165) is 33.8 Å². The van der Waals surface area contributed by atoms with Crippen LogP contribution >= 0.6 is 0 Å². The van der Waals surface area contributed by atoms with Crippen molar-refractivity contribution < 1.29 is 22.4 Å². The average molecular weight is 582 g/mol. The van der Waals surface area contributed by atoms with Crippen molar-refractivity contribution in [3.8, 4) is 0 Å². The molecule has 2 amide bonds. The standard InChI is InChI=1S/C32H40FN3O4S/c1-6-8-19-34-32(38)30(7-2)35(21-26-12-14-27(33)15-13-26)31(37)22-36(28-16-11-24(4)25(5)20-28)41(39,40)29-17-9-23(3)10-18-29/h9-18,20,30H,6-8,19,21-22H2,1-5H3,(H,34,38)/t30-/m1/s1. The summed E-state index contributed by atoms with van der Waals surface area (Å²) in [6.45, 7) is 9.47. The van der Waals surface area contributed by atoms with Crippen molar-refractivity contribution in [2.45, 2.75) is 71.4 Å². The van der Waals surface area contributed by atoms with E-state index >= 15 is 0 Å². The Hall–Kier alpha value is -3.72. The van der Waals surface area contributed by atoms with Crippen molar-refractivity contribution in [1.82, 2.24) is 10.2 Å². The van der Waals surface area contributed by atoms with Gasteiger partial charge < -0.3 is 10.2 Å². The number of nitrogens with zero attached hydrogens (tertiary/aromatic N) is 2. The van der Waals surface area contributed by atoms with E-state index in [2.05, 4.69) is 5.32 Å². The number of benzene rings is 3. The van der Waals surface area contributed by atoms with Crippen LogP contribution in [0.15, 0.2) is 71.6 Å². The molecule has 0 saturated heterocycles. The number of anilines is 1. The highest BCUT2D eigenvalue weighted by Crippen LogP contribution is 2.27. The molecule has 0 bridgehead atoms. The number of carbonyl (C=O) groups is 2. The van der Waals surface area contributed by atoms with E-state index in [1.807, 2.05) is 33.8 Å². The van der Waals surface area contributed by atoms with Gasteiger partial charge in [0.25, 0.3) is 10.0 Å². The molecular formula is C32H40FN3O4S. The van der Waals surface area contributed by atoms with Crippen LogP contribution in [0.25, 0.3) is 0 Å². The predicted octanol–water partition coefficient (Wildman–Crippen LogP) is 5.67. The van der Waals surface area contributed by atoms with Gasteiger partial charge in [-0.25, -0.2) is 12.8 Å². The molecule has 0 radical (unpaired) electrons. The van der Waals surface area contributed by atoms with E-state index in [4.69, 9.17) is 0 Å². The van der Waals surface area contributed by atoms with Crippen molar-refractivity contribution in [2.24, 2.45) is 0 Å². The third-order valence-corrected chi connectivity index (χ3v) is 8.94. The lowest BCUT2D eigenvalue weighted by Crippen LogP contribution is -2.52. The third kappa shape index (κ3) is 8.16. The fraction of sp³-hybridized carbons (Fsp3) is 0.375. The maximum absolute atomic E-state index is 14.1. The SMILES string of the molecule is CCCCNC(=O)[C@@H](CC)N(Cc1ccc(F)cc1)C(=O)CN(c1ccc(C)c(C)c1)S(=O)(=O)c1ccc(C)cc1. The Morgan fingerprint density at radius 3 is 2.15 bits per heavy atom. The van der Waals surface area contributed by atoms with E-state index in [1.54, 1.807) is 43.3 Å². The number of unbranched alkanes of at least 4 members (excludes halogenated alkanes) is 1. The molecule has 1 N–H and O–H groups in total. The normalized spacial score (nSPS) is 12.0. The summed E-state index contributed by atoms with van der Waals surface area (Å²) in [5.41, 5.74) is 3.75. The number of hydrogen-bond donors (Lipinski definition) is 1. The zero-order chi connectivity index (χ0) is 30.2. The molecule has 1 atom stereocenters. The van der Waals surface area contributed by atoms with Crippen LogP contribution in [-0.2, 0) is 26.2 Å². The number of amides is 2. The number of hydrogen-bond acceptors (Lipinski definition) is 4. The molecule has 41 heavy (non-hydrogen) atoms. The van der Waals surface area contributed by atoms with Crippen LogP contribution in [0, 0.1) is 26.6 Å². The molecule has 9 heteroatoms. The Morgan fingerprint density at radius 2 is 1.56 bits per heavy atom. The fourth-order valence-electron chi connectivity index (χ4n) is 4.46. The topological polar surface area (TPSA) is 86.8 Å². The largest absolute Gasteiger partial charge is 0.354 e. The van der Waals surface area contributed by atoms with Crippen LogP contribution in [-0.4, -0.2) is 44.3 Å². The Bertz CT molecular complexity index is 1440. The molecule has 0 aromatic heterocycles. The summed E-state index contributed by atoms with van der Waals surface area (Å²) in [7, 11) is -4.14.